The first-order valence-electron chi connectivity index (χ1n) is 13.5. The second-order valence-electron chi connectivity index (χ2n) is 10.8. The van der Waals surface area contributed by atoms with Crippen molar-refractivity contribution < 1.29 is 23.9 Å². The Morgan fingerprint density at radius 3 is 2.24 bits per heavy atom. The molecule has 4 unspecified atom stereocenters. The van der Waals surface area contributed by atoms with Crippen molar-refractivity contribution in [3.05, 3.63) is 106 Å². The number of amides is 2. The van der Waals surface area contributed by atoms with Crippen LogP contribution in [0.2, 0.25) is 10.0 Å². The minimum Gasteiger partial charge on any atom is -0.454 e. The van der Waals surface area contributed by atoms with E-state index in [0.29, 0.717) is 32.9 Å². The Hall–Kier alpha value is -4.33. The molecule has 0 N–H and O–H groups in total. The van der Waals surface area contributed by atoms with Crippen molar-refractivity contribution in [2.24, 2.45) is 23.7 Å². The fourth-order valence-electron chi connectivity index (χ4n) is 6.43. The summed E-state index contributed by atoms with van der Waals surface area (Å²) in [6, 6.07) is 20.2. The van der Waals surface area contributed by atoms with Crippen molar-refractivity contribution >= 4 is 63.4 Å². The number of allylic oxidation sites excluding steroid dienone is 2. The van der Waals surface area contributed by atoms with Crippen molar-refractivity contribution in [1.82, 2.24) is 4.98 Å². The fourth-order valence-corrected chi connectivity index (χ4v) is 6.95. The Morgan fingerprint density at radius 1 is 0.857 bits per heavy atom. The van der Waals surface area contributed by atoms with Gasteiger partial charge in [-0.2, -0.15) is 0 Å². The summed E-state index contributed by atoms with van der Waals surface area (Å²) in [5.74, 6) is -1.70. The number of aromatic nitrogens is 1. The van der Waals surface area contributed by atoms with Crippen LogP contribution in [-0.2, 0) is 14.3 Å². The van der Waals surface area contributed by atoms with Crippen LogP contribution in [-0.4, -0.2) is 35.2 Å². The third-order valence-corrected chi connectivity index (χ3v) is 8.94. The normalized spacial score (nSPS) is 22.2. The summed E-state index contributed by atoms with van der Waals surface area (Å²) in [5, 5.41) is 1.14. The summed E-state index contributed by atoms with van der Waals surface area (Å²) < 4.78 is 5.40. The Kier molecular flexibility index (Phi) is 6.44. The molecule has 2 fully saturated rings. The van der Waals surface area contributed by atoms with Crippen LogP contribution in [0.3, 0.4) is 0 Å². The molecule has 0 radical (unpaired) electrons. The van der Waals surface area contributed by atoms with Crippen molar-refractivity contribution in [2.45, 2.75) is 6.42 Å². The molecule has 2 heterocycles. The number of pyridine rings is 1. The quantitative estimate of drug-likeness (QED) is 0.108. The van der Waals surface area contributed by atoms with Crippen molar-refractivity contribution in [1.29, 1.82) is 0 Å². The molecular formula is C33H22Cl2N2O5. The molecule has 1 saturated heterocycles. The standard InChI is InChI=1S/C33H22Cl2N2O5/c34-20-9-12-23(25(35)14-20)28(38)16-42-33(41)24-15-27(36-26-4-2-1-3-22(24)26)17-7-10-21(11-8-17)37-31(39)29-18-5-6-19(13-18)30(29)32(37)40/h1-12,14-15,18-19,29-30H,13,16H2. The number of Topliss-reactive ketones (excluding diaryl/α,β-unsaturated/α-hetero) is 1. The molecule has 208 valence electrons. The molecule has 7 rings (SSSR count). The third-order valence-electron chi connectivity index (χ3n) is 8.39. The van der Waals surface area contributed by atoms with Gasteiger partial charge in [0.15, 0.2) is 6.61 Å². The lowest BCUT2D eigenvalue weighted by molar-refractivity contribution is -0.123. The molecule has 2 amide bonds. The number of hydrogen-bond acceptors (Lipinski definition) is 6. The van der Waals surface area contributed by atoms with Gasteiger partial charge in [-0.05, 0) is 60.7 Å². The van der Waals surface area contributed by atoms with E-state index >= 15 is 0 Å². The Balaban J connectivity index is 1.15. The van der Waals surface area contributed by atoms with Gasteiger partial charge in [0.25, 0.3) is 0 Å². The number of carbonyl (C=O) groups is 4. The monoisotopic (exact) mass is 596 g/mol. The molecule has 2 bridgehead atoms. The average Bonchev–Trinajstić information content (AvgIpc) is 3.68. The first-order valence-corrected chi connectivity index (χ1v) is 14.3. The van der Waals surface area contributed by atoms with Gasteiger partial charge >= 0.3 is 5.97 Å². The van der Waals surface area contributed by atoms with Gasteiger partial charge in [-0.1, -0.05) is 65.7 Å². The van der Waals surface area contributed by atoms with Crippen LogP contribution < -0.4 is 4.90 Å². The Morgan fingerprint density at radius 2 is 1.55 bits per heavy atom. The summed E-state index contributed by atoms with van der Waals surface area (Å²) in [6.45, 7) is -0.502. The predicted molar refractivity (Wildman–Crippen MR) is 158 cm³/mol. The smallest absolute Gasteiger partial charge is 0.339 e. The average molecular weight is 597 g/mol. The molecule has 3 aliphatic rings. The minimum atomic E-state index is -0.687. The van der Waals surface area contributed by atoms with Gasteiger partial charge in [0.2, 0.25) is 17.6 Å². The highest BCUT2D eigenvalue weighted by Gasteiger charge is 2.59. The SMILES string of the molecule is O=C(COC(=O)c1cc(-c2ccc(N3C(=O)C4C5C=CC(C5)C4C3=O)cc2)nc2ccccc12)c1ccc(Cl)cc1Cl. The van der Waals surface area contributed by atoms with E-state index < -0.39 is 18.4 Å². The van der Waals surface area contributed by atoms with E-state index in [-0.39, 0.29) is 51.6 Å². The van der Waals surface area contributed by atoms with Crippen LogP contribution in [0.15, 0.2) is 84.9 Å². The molecule has 0 spiro atoms. The maximum absolute atomic E-state index is 13.2. The van der Waals surface area contributed by atoms with Crippen LogP contribution in [0, 0.1) is 23.7 Å². The van der Waals surface area contributed by atoms with Gasteiger partial charge in [0, 0.05) is 21.5 Å². The van der Waals surface area contributed by atoms with Crippen LogP contribution >= 0.6 is 23.2 Å². The second-order valence-corrected chi connectivity index (χ2v) is 11.6. The third kappa shape index (κ3) is 4.32. The molecule has 4 aromatic rings. The summed E-state index contributed by atoms with van der Waals surface area (Å²) in [5.41, 5.74) is 2.72. The van der Waals surface area contributed by atoms with Gasteiger partial charge in [-0.25, -0.2) is 9.78 Å². The van der Waals surface area contributed by atoms with E-state index in [1.165, 1.54) is 17.0 Å². The summed E-state index contributed by atoms with van der Waals surface area (Å²) in [7, 11) is 0. The van der Waals surface area contributed by atoms with Gasteiger partial charge in [-0.3, -0.25) is 19.3 Å². The lowest BCUT2D eigenvalue weighted by atomic mass is 9.85. The lowest BCUT2D eigenvalue weighted by Crippen LogP contribution is -2.32. The van der Waals surface area contributed by atoms with Crippen LogP contribution in [0.1, 0.15) is 27.1 Å². The molecule has 9 heteroatoms. The number of halogens is 2. The Labute approximate surface area is 250 Å². The number of fused-ring (bicyclic) bond motifs is 6. The number of esters is 1. The molecule has 1 saturated carbocycles. The van der Waals surface area contributed by atoms with Crippen molar-refractivity contribution in [3.63, 3.8) is 0 Å². The second kappa shape index (κ2) is 10.2. The zero-order chi connectivity index (χ0) is 29.1. The molecule has 1 aliphatic heterocycles. The van der Waals surface area contributed by atoms with Gasteiger partial charge in [-0.15, -0.1) is 0 Å². The van der Waals surface area contributed by atoms with Crippen molar-refractivity contribution in [2.75, 3.05) is 11.5 Å². The number of hydrogen-bond donors (Lipinski definition) is 0. The highest BCUT2D eigenvalue weighted by atomic mass is 35.5. The molecular weight excluding hydrogens is 575 g/mol. The highest BCUT2D eigenvalue weighted by Crippen LogP contribution is 2.53. The molecule has 4 atom stereocenters. The number of rotatable bonds is 6. The number of ether oxygens (including phenoxy) is 1. The zero-order valence-corrected chi connectivity index (χ0v) is 23.5. The largest absolute Gasteiger partial charge is 0.454 e. The number of carbonyl (C=O) groups excluding carboxylic acids is 4. The number of imide groups is 1. The van der Waals surface area contributed by atoms with Crippen LogP contribution in [0.5, 0.6) is 0 Å². The van der Waals surface area contributed by atoms with E-state index in [2.05, 4.69) is 12.2 Å². The van der Waals surface area contributed by atoms with E-state index in [9.17, 15) is 19.2 Å². The number of para-hydroxylation sites is 1. The first kappa shape index (κ1) is 26.6. The minimum absolute atomic E-state index is 0.138. The highest BCUT2D eigenvalue weighted by molar-refractivity contribution is 6.37. The number of anilines is 1. The Bertz CT molecular complexity index is 1820. The van der Waals surface area contributed by atoms with Gasteiger partial charge < -0.3 is 4.74 Å². The van der Waals surface area contributed by atoms with Crippen molar-refractivity contribution in [3.8, 4) is 11.3 Å². The van der Waals surface area contributed by atoms with Gasteiger partial charge in [0.05, 0.1) is 39.3 Å². The lowest BCUT2D eigenvalue weighted by Gasteiger charge is -2.17. The zero-order valence-electron chi connectivity index (χ0n) is 22.0. The topological polar surface area (TPSA) is 93.6 Å². The number of benzene rings is 3. The maximum atomic E-state index is 13.2. The van der Waals surface area contributed by atoms with Crippen LogP contribution in [0.4, 0.5) is 5.69 Å². The maximum Gasteiger partial charge on any atom is 0.339 e. The van der Waals surface area contributed by atoms with Crippen LogP contribution in [0.25, 0.3) is 22.2 Å². The molecule has 3 aromatic carbocycles. The van der Waals surface area contributed by atoms with E-state index in [1.807, 2.05) is 6.07 Å². The van der Waals surface area contributed by atoms with E-state index in [4.69, 9.17) is 32.9 Å². The molecule has 2 aliphatic carbocycles. The molecule has 42 heavy (non-hydrogen) atoms. The summed E-state index contributed by atoms with van der Waals surface area (Å²) in [6.07, 6.45) is 5.02. The van der Waals surface area contributed by atoms with Gasteiger partial charge in [0.1, 0.15) is 0 Å². The predicted octanol–water partition coefficient (Wildman–Crippen LogP) is 6.56. The molecule has 1 aromatic heterocycles. The summed E-state index contributed by atoms with van der Waals surface area (Å²) >= 11 is 12.1. The van der Waals surface area contributed by atoms with E-state index in [0.717, 1.165) is 6.42 Å². The fraction of sp³-hybridized carbons (Fsp3) is 0.182. The molecule has 7 nitrogen and oxygen atoms in total. The number of nitrogens with zero attached hydrogens (tertiary/aromatic N) is 2. The first-order chi connectivity index (χ1) is 20.3. The summed E-state index contributed by atoms with van der Waals surface area (Å²) in [4.78, 5) is 58.4. The van der Waals surface area contributed by atoms with E-state index in [1.54, 1.807) is 54.6 Å². The number of ketones is 1.